The average molecular weight is 285 g/mol. The molecular weight excluding hydrogens is 262 g/mol. The number of imidazole rings is 1. The number of aryl methyl sites for hydroxylation is 1. The third kappa shape index (κ3) is 2.17. The largest absolute Gasteiger partial charge is 0.375 e. The van der Waals surface area contributed by atoms with Gasteiger partial charge in [0.25, 0.3) is 0 Å². The number of fused-ring (bicyclic) bond motifs is 3. The van der Waals surface area contributed by atoms with Crippen molar-refractivity contribution in [2.45, 2.75) is 57.4 Å². The van der Waals surface area contributed by atoms with E-state index in [0.717, 1.165) is 30.7 Å². The predicted molar refractivity (Wildman–Crippen MR) is 83.1 cm³/mol. The topological polar surface area (TPSA) is 53.1 Å². The Morgan fingerprint density at radius 3 is 2.95 bits per heavy atom. The molecule has 3 heterocycles. The van der Waals surface area contributed by atoms with Gasteiger partial charge < -0.3 is 15.0 Å². The van der Waals surface area contributed by atoms with E-state index in [9.17, 15) is 0 Å². The van der Waals surface area contributed by atoms with E-state index in [-0.39, 0.29) is 6.04 Å². The van der Waals surface area contributed by atoms with Crippen LogP contribution in [0, 0.1) is 5.92 Å². The van der Waals surface area contributed by atoms with Crippen LogP contribution >= 0.6 is 0 Å². The fourth-order valence-corrected chi connectivity index (χ4v) is 4.12. The Morgan fingerprint density at radius 2 is 2.24 bits per heavy atom. The second-order valence-corrected chi connectivity index (χ2v) is 6.40. The number of hydrogen-bond donors (Lipinski definition) is 1. The summed E-state index contributed by atoms with van der Waals surface area (Å²) in [6.45, 7) is 3.11. The fourth-order valence-electron chi connectivity index (χ4n) is 4.12. The molecule has 2 bridgehead atoms. The summed E-state index contributed by atoms with van der Waals surface area (Å²) in [6, 6.07) is 8.49. The lowest BCUT2D eigenvalue weighted by Crippen LogP contribution is -2.38. The van der Waals surface area contributed by atoms with Gasteiger partial charge in [0.05, 0.1) is 23.2 Å². The van der Waals surface area contributed by atoms with Crippen LogP contribution in [-0.2, 0) is 17.7 Å². The van der Waals surface area contributed by atoms with Crippen LogP contribution in [0.2, 0.25) is 0 Å². The minimum atomic E-state index is 0.155. The van der Waals surface area contributed by atoms with Crippen molar-refractivity contribution in [1.82, 2.24) is 9.55 Å². The van der Waals surface area contributed by atoms with Gasteiger partial charge in [-0.2, -0.15) is 0 Å². The number of nitrogens with two attached hydrogens (primary N) is 1. The molecule has 0 aliphatic carbocycles. The van der Waals surface area contributed by atoms with E-state index in [1.165, 1.54) is 18.4 Å². The lowest BCUT2D eigenvalue weighted by Gasteiger charge is -2.25. The molecule has 2 aliphatic heterocycles. The predicted octanol–water partition coefficient (Wildman–Crippen LogP) is 2.49. The summed E-state index contributed by atoms with van der Waals surface area (Å²) in [5.74, 6) is 1.63. The third-order valence-corrected chi connectivity index (χ3v) is 5.17. The second-order valence-electron chi connectivity index (χ2n) is 6.40. The first kappa shape index (κ1) is 13.3. The molecule has 2 N–H and O–H groups in total. The normalized spacial score (nSPS) is 29.3. The number of nitrogens with zero attached hydrogens (tertiary/aromatic N) is 2. The van der Waals surface area contributed by atoms with Crippen molar-refractivity contribution in [3.8, 4) is 0 Å². The van der Waals surface area contributed by atoms with Crippen LogP contribution in [-0.4, -0.2) is 27.8 Å². The van der Waals surface area contributed by atoms with Crippen molar-refractivity contribution < 1.29 is 4.74 Å². The van der Waals surface area contributed by atoms with E-state index in [0.29, 0.717) is 18.1 Å². The highest BCUT2D eigenvalue weighted by Crippen LogP contribution is 2.40. The zero-order valence-corrected chi connectivity index (χ0v) is 12.5. The van der Waals surface area contributed by atoms with E-state index in [2.05, 4.69) is 29.7 Å². The van der Waals surface area contributed by atoms with Gasteiger partial charge in [0.1, 0.15) is 5.82 Å². The van der Waals surface area contributed by atoms with Crippen LogP contribution in [0.3, 0.4) is 0 Å². The van der Waals surface area contributed by atoms with Gasteiger partial charge in [-0.25, -0.2) is 4.98 Å². The van der Waals surface area contributed by atoms with Crippen molar-refractivity contribution >= 4 is 11.0 Å². The van der Waals surface area contributed by atoms with Crippen molar-refractivity contribution in [3.05, 3.63) is 30.1 Å². The van der Waals surface area contributed by atoms with Crippen LogP contribution < -0.4 is 5.73 Å². The van der Waals surface area contributed by atoms with Gasteiger partial charge in [0.15, 0.2) is 0 Å². The maximum atomic E-state index is 6.51. The molecule has 1 aromatic heterocycles. The Labute approximate surface area is 125 Å². The van der Waals surface area contributed by atoms with Crippen LogP contribution in [0.1, 0.15) is 32.0 Å². The van der Waals surface area contributed by atoms with E-state index >= 15 is 0 Å². The van der Waals surface area contributed by atoms with Crippen LogP contribution in [0.15, 0.2) is 24.3 Å². The summed E-state index contributed by atoms with van der Waals surface area (Å²) >= 11 is 0. The van der Waals surface area contributed by atoms with E-state index in [1.807, 2.05) is 6.07 Å². The summed E-state index contributed by atoms with van der Waals surface area (Å²) in [6.07, 6.45) is 5.26. The molecule has 21 heavy (non-hydrogen) atoms. The van der Waals surface area contributed by atoms with E-state index < -0.39 is 0 Å². The zero-order valence-electron chi connectivity index (χ0n) is 12.5. The van der Waals surface area contributed by atoms with Gasteiger partial charge in [0, 0.05) is 24.9 Å². The van der Waals surface area contributed by atoms with Crippen molar-refractivity contribution in [3.63, 3.8) is 0 Å². The average Bonchev–Trinajstić information content (AvgIpc) is 3.20. The third-order valence-electron chi connectivity index (χ3n) is 5.17. The van der Waals surface area contributed by atoms with Crippen LogP contribution in [0.4, 0.5) is 0 Å². The van der Waals surface area contributed by atoms with Crippen LogP contribution in [0.5, 0.6) is 0 Å². The molecule has 4 unspecified atom stereocenters. The molecule has 4 nitrogen and oxygen atoms in total. The van der Waals surface area contributed by atoms with Crippen molar-refractivity contribution in [2.75, 3.05) is 0 Å². The maximum absolute atomic E-state index is 6.51. The standard InChI is InChI=1S/C17H23N3O/c1-2-20-15-6-4-3-5-14(15)19-17(20)10-13(18)12-9-11-7-8-16(12)21-11/h3-6,11-13,16H,2,7-10,18H2,1H3. The quantitative estimate of drug-likeness (QED) is 0.939. The summed E-state index contributed by atoms with van der Waals surface area (Å²) in [5, 5.41) is 0. The Kier molecular flexibility index (Phi) is 3.23. The summed E-state index contributed by atoms with van der Waals surface area (Å²) in [7, 11) is 0. The van der Waals surface area contributed by atoms with Gasteiger partial charge in [-0.05, 0) is 38.3 Å². The van der Waals surface area contributed by atoms with Gasteiger partial charge >= 0.3 is 0 Å². The van der Waals surface area contributed by atoms with Crippen molar-refractivity contribution in [2.24, 2.45) is 11.7 Å². The number of para-hydroxylation sites is 2. The minimum absolute atomic E-state index is 0.155. The molecule has 0 saturated carbocycles. The molecule has 2 aromatic rings. The lowest BCUT2D eigenvalue weighted by atomic mass is 9.83. The first-order valence-electron chi connectivity index (χ1n) is 8.11. The Balaban J connectivity index is 1.59. The number of rotatable bonds is 4. The molecule has 2 saturated heterocycles. The van der Waals surface area contributed by atoms with Crippen LogP contribution in [0.25, 0.3) is 11.0 Å². The Bertz CT molecular complexity index is 651. The highest BCUT2D eigenvalue weighted by Gasteiger charge is 2.43. The van der Waals surface area contributed by atoms with Gasteiger partial charge in [-0.3, -0.25) is 0 Å². The minimum Gasteiger partial charge on any atom is -0.375 e. The van der Waals surface area contributed by atoms with Gasteiger partial charge in [-0.15, -0.1) is 0 Å². The fraction of sp³-hybridized carbons (Fsp3) is 0.588. The number of benzene rings is 1. The summed E-state index contributed by atoms with van der Waals surface area (Å²) < 4.78 is 8.25. The molecule has 4 heteroatoms. The monoisotopic (exact) mass is 285 g/mol. The van der Waals surface area contributed by atoms with Gasteiger partial charge in [-0.1, -0.05) is 12.1 Å². The Morgan fingerprint density at radius 1 is 1.38 bits per heavy atom. The van der Waals surface area contributed by atoms with Gasteiger partial charge in [0.2, 0.25) is 0 Å². The highest BCUT2D eigenvalue weighted by molar-refractivity contribution is 5.75. The highest BCUT2D eigenvalue weighted by atomic mass is 16.5. The number of ether oxygens (including phenoxy) is 1. The first-order chi connectivity index (χ1) is 10.3. The lowest BCUT2D eigenvalue weighted by molar-refractivity contribution is 0.0883. The molecule has 0 spiro atoms. The molecule has 2 aliphatic rings. The molecule has 2 fully saturated rings. The SMILES string of the molecule is CCn1c(CC(N)C2CC3CCC2O3)nc2ccccc21. The van der Waals surface area contributed by atoms with E-state index in [1.54, 1.807) is 0 Å². The Hall–Kier alpha value is -1.39. The summed E-state index contributed by atoms with van der Waals surface area (Å²) in [4.78, 5) is 4.80. The molecule has 112 valence electrons. The molecule has 1 aromatic carbocycles. The maximum Gasteiger partial charge on any atom is 0.111 e. The smallest absolute Gasteiger partial charge is 0.111 e. The van der Waals surface area contributed by atoms with E-state index in [4.69, 9.17) is 15.5 Å². The molecule has 0 radical (unpaired) electrons. The summed E-state index contributed by atoms with van der Waals surface area (Å²) in [5.41, 5.74) is 8.80. The second kappa shape index (κ2) is 5.11. The van der Waals surface area contributed by atoms with Crippen molar-refractivity contribution in [1.29, 1.82) is 0 Å². The molecular formula is C17H23N3O. The molecule has 0 amide bonds. The number of hydrogen-bond acceptors (Lipinski definition) is 3. The first-order valence-corrected chi connectivity index (χ1v) is 8.11. The molecule has 4 atom stereocenters. The molecule has 4 rings (SSSR count). The number of aromatic nitrogens is 2. The zero-order chi connectivity index (χ0) is 14.4.